The van der Waals surface area contributed by atoms with Crippen LogP contribution < -0.4 is 10.1 Å². The maximum atomic E-state index is 13.1. The lowest BCUT2D eigenvalue weighted by atomic mass is 9.87. The molecule has 2 aromatic rings. The van der Waals surface area contributed by atoms with Gasteiger partial charge in [-0.2, -0.15) is 0 Å². The molecule has 0 aliphatic carbocycles. The molecular weight excluding hydrogens is 388 g/mol. The lowest BCUT2D eigenvalue weighted by Crippen LogP contribution is -2.32. The van der Waals surface area contributed by atoms with Crippen molar-refractivity contribution in [3.05, 3.63) is 78.0 Å². The Balaban J connectivity index is 1.97. The average molecular weight is 419 g/mol. The predicted molar refractivity (Wildman–Crippen MR) is 125 cm³/mol. The van der Waals surface area contributed by atoms with Crippen molar-refractivity contribution in [2.45, 2.75) is 39.5 Å². The summed E-state index contributed by atoms with van der Waals surface area (Å²) in [5.74, 6) is 0.0465. The zero-order valence-electron chi connectivity index (χ0n) is 18.7. The molecule has 0 saturated heterocycles. The molecular formula is C26H30N2O3. The van der Waals surface area contributed by atoms with Gasteiger partial charge in [0.15, 0.2) is 0 Å². The van der Waals surface area contributed by atoms with Crippen LogP contribution in [-0.4, -0.2) is 29.9 Å². The summed E-state index contributed by atoms with van der Waals surface area (Å²) in [5.41, 5.74) is 3.28. The second-order valence-electron chi connectivity index (χ2n) is 8.58. The summed E-state index contributed by atoms with van der Waals surface area (Å²) in [4.78, 5) is 27.3. The highest BCUT2D eigenvalue weighted by atomic mass is 16.5. The van der Waals surface area contributed by atoms with Crippen molar-refractivity contribution in [2.75, 3.05) is 18.5 Å². The molecule has 5 heteroatoms. The number of hydrogen-bond acceptors (Lipinski definition) is 4. The Morgan fingerprint density at radius 3 is 2.19 bits per heavy atom. The Morgan fingerprint density at radius 2 is 1.65 bits per heavy atom. The van der Waals surface area contributed by atoms with Crippen molar-refractivity contribution in [1.82, 2.24) is 4.90 Å². The lowest BCUT2D eigenvalue weighted by molar-refractivity contribution is -0.136. The Bertz CT molecular complexity index is 996. The first-order valence-corrected chi connectivity index (χ1v) is 10.6. The third-order valence-corrected chi connectivity index (χ3v) is 5.12. The summed E-state index contributed by atoms with van der Waals surface area (Å²) in [6, 6.07) is 15.2. The van der Waals surface area contributed by atoms with E-state index in [4.69, 9.17) is 4.74 Å². The number of benzene rings is 2. The van der Waals surface area contributed by atoms with Gasteiger partial charge in [-0.3, -0.25) is 14.5 Å². The largest absolute Gasteiger partial charge is 0.494 e. The molecule has 0 bridgehead atoms. The van der Waals surface area contributed by atoms with Crippen molar-refractivity contribution in [1.29, 1.82) is 0 Å². The summed E-state index contributed by atoms with van der Waals surface area (Å²) in [7, 11) is 0. The van der Waals surface area contributed by atoms with Gasteiger partial charge in [-0.15, -0.1) is 6.58 Å². The Labute approximate surface area is 184 Å². The fourth-order valence-corrected chi connectivity index (χ4v) is 3.39. The molecule has 1 aliphatic rings. The van der Waals surface area contributed by atoms with E-state index in [1.807, 2.05) is 55.5 Å². The van der Waals surface area contributed by atoms with E-state index in [1.54, 1.807) is 6.08 Å². The van der Waals surface area contributed by atoms with Gasteiger partial charge in [0.25, 0.3) is 11.8 Å². The monoisotopic (exact) mass is 418 g/mol. The van der Waals surface area contributed by atoms with E-state index in [1.165, 1.54) is 10.5 Å². The molecule has 1 aliphatic heterocycles. The second-order valence-corrected chi connectivity index (χ2v) is 8.58. The summed E-state index contributed by atoms with van der Waals surface area (Å²) in [5, 5.41) is 3.19. The predicted octanol–water partition coefficient (Wildman–Crippen LogP) is 5.15. The van der Waals surface area contributed by atoms with E-state index in [-0.39, 0.29) is 29.5 Å². The summed E-state index contributed by atoms with van der Waals surface area (Å²) in [6.07, 6.45) is 2.47. The van der Waals surface area contributed by atoms with Crippen LogP contribution in [0.4, 0.5) is 5.69 Å². The highest BCUT2D eigenvalue weighted by Gasteiger charge is 2.38. The fourth-order valence-electron chi connectivity index (χ4n) is 3.39. The number of carbonyl (C=O) groups is 2. The van der Waals surface area contributed by atoms with Crippen LogP contribution in [0.3, 0.4) is 0 Å². The van der Waals surface area contributed by atoms with Gasteiger partial charge in [-0.25, -0.2) is 0 Å². The highest BCUT2D eigenvalue weighted by molar-refractivity contribution is 6.36. The minimum atomic E-state index is -0.355. The third kappa shape index (κ3) is 4.88. The van der Waals surface area contributed by atoms with Crippen molar-refractivity contribution >= 4 is 23.1 Å². The minimum Gasteiger partial charge on any atom is -0.494 e. The molecule has 2 amide bonds. The molecule has 2 aromatic carbocycles. The minimum absolute atomic E-state index is 0.0322. The van der Waals surface area contributed by atoms with E-state index in [0.29, 0.717) is 17.7 Å². The molecule has 0 saturated carbocycles. The van der Waals surface area contributed by atoms with Gasteiger partial charge < -0.3 is 10.1 Å². The number of nitrogens with one attached hydrogen (secondary N) is 1. The van der Waals surface area contributed by atoms with Crippen LogP contribution in [0.5, 0.6) is 5.75 Å². The zero-order valence-corrected chi connectivity index (χ0v) is 18.7. The van der Waals surface area contributed by atoms with Gasteiger partial charge in [-0.1, -0.05) is 58.0 Å². The fraction of sp³-hybridized carbons (Fsp3) is 0.308. The molecule has 0 aromatic heterocycles. The Morgan fingerprint density at radius 1 is 1.00 bits per heavy atom. The summed E-state index contributed by atoms with van der Waals surface area (Å²) < 4.78 is 5.63. The topological polar surface area (TPSA) is 58.6 Å². The third-order valence-electron chi connectivity index (χ3n) is 5.12. The molecule has 31 heavy (non-hydrogen) atoms. The van der Waals surface area contributed by atoms with E-state index in [0.717, 1.165) is 17.9 Å². The molecule has 0 atom stereocenters. The van der Waals surface area contributed by atoms with Crippen LogP contribution in [0.15, 0.2) is 66.9 Å². The van der Waals surface area contributed by atoms with Crippen LogP contribution in [0, 0.1) is 0 Å². The van der Waals surface area contributed by atoms with Gasteiger partial charge in [0, 0.05) is 12.2 Å². The number of ether oxygens (including phenoxy) is 1. The number of nitrogens with zero attached hydrogens (tertiary/aromatic N) is 1. The molecule has 0 spiro atoms. The van der Waals surface area contributed by atoms with Crippen molar-refractivity contribution in [3.63, 3.8) is 0 Å². The smallest absolute Gasteiger partial charge is 0.278 e. The first kappa shape index (κ1) is 22.3. The standard InChI is InChI=1S/C26H30N2O3/c1-6-16-28-24(29)22(18-8-14-21(15-9-18)31-17-7-2)23(25(28)30)27-20-12-10-19(11-13-20)26(3,4)5/h6,8-15,27H,1,7,16-17H2,2-5H3. The lowest BCUT2D eigenvalue weighted by Gasteiger charge is -2.19. The SMILES string of the molecule is C=CCN1C(=O)C(Nc2ccc(C(C)(C)C)cc2)=C(c2ccc(OCCC)cc2)C1=O. The quantitative estimate of drug-likeness (QED) is 0.476. The average Bonchev–Trinajstić information content (AvgIpc) is 2.97. The van der Waals surface area contributed by atoms with Crippen LogP contribution in [0.1, 0.15) is 45.2 Å². The normalized spacial score (nSPS) is 14.3. The Kier molecular flexibility index (Phi) is 6.64. The summed E-state index contributed by atoms with van der Waals surface area (Å²) in [6.45, 7) is 13.0. The van der Waals surface area contributed by atoms with Gasteiger partial charge in [-0.05, 0) is 47.2 Å². The number of carbonyl (C=O) groups excluding carboxylic acids is 2. The van der Waals surface area contributed by atoms with E-state index < -0.39 is 0 Å². The van der Waals surface area contributed by atoms with E-state index in [2.05, 4.69) is 32.7 Å². The van der Waals surface area contributed by atoms with Gasteiger partial charge in [0.1, 0.15) is 11.4 Å². The van der Waals surface area contributed by atoms with Crippen LogP contribution in [0.2, 0.25) is 0 Å². The number of hydrogen-bond donors (Lipinski definition) is 1. The van der Waals surface area contributed by atoms with Crippen molar-refractivity contribution in [3.8, 4) is 5.75 Å². The molecule has 1 N–H and O–H groups in total. The first-order chi connectivity index (χ1) is 14.8. The molecule has 0 radical (unpaired) electrons. The maximum absolute atomic E-state index is 13.1. The van der Waals surface area contributed by atoms with Gasteiger partial charge in [0.2, 0.25) is 0 Å². The second kappa shape index (κ2) is 9.21. The van der Waals surface area contributed by atoms with Crippen LogP contribution in [-0.2, 0) is 15.0 Å². The Hall–Kier alpha value is -3.34. The molecule has 0 unspecified atom stereocenters. The molecule has 5 nitrogen and oxygen atoms in total. The molecule has 3 rings (SSSR count). The zero-order chi connectivity index (χ0) is 22.6. The van der Waals surface area contributed by atoms with Gasteiger partial charge >= 0.3 is 0 Å². The summed E-state index contributed by atoms with van der Waals surface area (Å²) >= 11 is 0. The molecule has 1 heterocycles. The number of anilines is 1. The van der Waals surface area contributed by atoms with Crippen molar-refractivity contribution < 1.29 is 14.3 Å². The van der Waals surface area contributed by atoms with Crippen LogP contribution in [0.25, 0.3) is 5.57 Å². The number of rotatable bonds is 8. The van der Waals surface area contributed by atoms with Gasteiger partial charge in [0.05, 0.1) is 12.2 Å². The maximum Gasteiger partial charge on any atom is 0.278 e. The number of imide groups is 1. The molecule has 0 fully saturated rings. The first-order valence-electron chi connectivity index (χ1n) is 10.6. The number of amides is 2. The van der Waals surface area contributed by atoms with Crippen LogP contribution >= 0.6 is 0 Å². The van der Waals surface area contributed by atoms with E-state index in [9.17, 15) is 9.59 Å². The van der Waals surface area contributed by atoms with Crippen molar-refractivity contribution in [2.24, 2.45) is 0 Å². The van der Waals surface area contributed by atoms with E-state index >= 15 is 0 Å². The molecule has 162 valence electrons. The highest BCUT2D eigenvalue weighted by Crippen LogP contribution is 2.32.